The summed E-state index contributed by atoms with van der Waals surface area (Å²) in [5, 5.41) is 15.1. The van der Waals surface area contributed by atoms with E-state index < -0.39 is 29.9 Å². The normalized spacial score (nSPS) is 16.2. The Morgan fingerprint density at radius 1 is 1.12 bits per heavy atom. The number of amides is 3. The number of rotatable bonds is 7. The molecule has 0 radical (unpaired) electrons. The Hall–Kier alpha value is -3.14. The van der Waals surface area contributed by atoms with Crippen LogP contribution in [0.15, 0.2) is 42.5 Å². The first-order valence-electron chi connectivity index (χ1n) is 9.89. The summed E-state index contributed by atoms with van der Waals surface area (Å²) in [5.41, 5.74) is 1.22. The van der Waals surface area contributed by atoms with E-state index in [1.54, 1.807) is 42.5 Å². The van der Waals surface area contributed by atoms with Gasteiger partial charge in [0.15, 0.2) is 0 Å². The quantitative estimate of drug-likeness (QED) is 0.544. The van der Waals surface area contributed by atoms with Crippen molar-refractivity contribution in [3.63, 3.8) is 0 Å². The highest BCUT2D eigenvalue weighted by Crippen LogP contribution is 2.25. The van der Waals surface area contributed by atoms with Gasteiger partial charge >= 0.3 is 5.97 Å². The Balaban J connectivity index is 1.64. The van der Waals surface area contributed by atoms with Crippen LogP contribution in [0.1, 0.15) is 22.8 Å². The molecule has 1 aliphatic rings. The number of ether oxygens (including phenoxy) is 1. The van der Waals surface area contributed by atoms with Crippen LogP contribution in [-0.4, -0.2) is 59.1 Å². The van der Waals surface area contributed by atoms with Crippen LogP contribution in [0.25, 0.3) is 0 Å². The van der Waals surface area contributed by atoms with Gasteiger partial charge in [0, 0.05) is 19.0 Å². The number of nitrogens with one attached hydrogen (secondary N) is 2. The molecule has 1 aliphatic heterocycles. The number of hydrogen-bond acceptors (Lipinski definition) is 5. The van der Waals surface area contributed by atoms with Gasteiger partial charge in [-0.15, -0.1) is 0 Å². The fraction of sp³-hybridized carbons (Fsp3) is 0.273. The van der Waals surface area contributed by atoms with Crippen LogP contribution >= 0.6 is 23.2 Å². The number of carboxylic acids is 1. The Morgan fingerprint density at radius 2 is 1.76 bits per heavy atom. The summed E-state index contributed by atoms with van der Waals surface area (Å²) in [6, 6.07) is 9.11. The van der Waals surface area contributed by atoms with Gasteiger partial charge < -0.3 is 25.4 Å². The van der Waals surface area contributed by atoms with Gasteiger partial charge in [0.1, 0.15) is 18.8 Å². The van der Waals surface area contributed by atoms with Gasteiger partial charge in [0.2, 0.25) is 11.8 Å². The third-order valence-electron chi connectivity index (χ3n) is 5.05. The Kier molecular flexibility index (Phi) is 7.91. The van der Waals surface area contributed by atoms with Crippen LogP contribution in [-0.2, 0) is 25.5 Å². The Labute approximate surface area is 199 Å². The molecule has 0 spiro atoms. The van der Waals surface area contributed by atoms with Crippen LogP contribution in [0, 0.1) is 0 Å². The molecule has 2 atom stereocenters. The molecule has 2 aromatic carbocycles. The lowest BCUT2D eigenvalue weighted by atomic mass is 10.0. The molecule has 1 heterocycles. The molecule has 0 aliphatic carbocycles. The molecule has 33 heavy (non-hydrogen) atoms. The number of carbonyl (C=O) groups is 4. The van der Waals surface area contributed by atoms with Crippen molar-refractivity contribution in [2.75, 3.05) is 18.7 Å². The maximum Gasteiger partial charge on any atom is 0.326 e. The molecule has 9 nitrogen and oxygen atoms in total. The minimum absolute atomic E-state index is 0.000704. The first kappa shape index (κ1) is 24.5. The number of carbonyl (C=O) groups excluding carboxylic acids is 3. The van der Waals surface area contributed by atoms with E-state index in [1.807, 2.05) is 0 Å². The first-order chi connectivity index (χ1) is 15.7. The molecule has 3 N–H and O–H groups in total. The number of nitrogens with zero attached hydrogens (tertiary/aromatic N) is 1. The van der Waals surface area contributed by atoms with Gasteiger partial charge in [-0.3, -0.25) is 14.4 Å². The van der Waals surface area contributed by atoms with Gasteiger partial charge in [-0.2, -0.15) is 0 Å². The van der Waals surface area contributed by atoms with E-state index in [-0.39, 0.29) is 41.3 Å². The van der Waals surface area contributed by atoms with Crippen LogP contribution in [0.4, 0.5) is 5.69 Å². The fourth-order valence-electron chi connectivity index (χ4n) is 3.31. The number of halogens is 2. The molecular formula is C22H21Cl2N3O6. The second-order valence-electron chi connectivity index (χ2n) is 7.36. The third kappa shape index (κ3) is 6.01. The lowest BCUT2D eigenvalue weighted by Gasteiger charge is -2.22. The summed E-state index contributed by atoms with van der Waals surface area (Å²) >= 11 is 12.1. The second kappa shape index (κ2) is 10.7. The number of carboxylic acid groups (broad SMARTS) is 1. The Morgan fingerprint density at radius 3 is 2.33 bits per heavy atom. The van der Waals surface area contributed by atoms with Crippen molar-refractivity contribution in [3.05, 3.63) is 63.6 Å². The zero-order chi connectivity index (χ0) is 24.1. The summed E-state index contributed by atoms with van der Waals surface area (Å²) in [6.45, 7) is 1.29. The van der Waals surface area contributed by atoms with Crippen molar-refractivity contribution >= 4 is 52.6 Å². The molecular weight excluding hydrogens is 473 g/mol. The standard InChI is InChI=1S/C22H21Cl2N3O6/c1-12(28)27-11-33-10-18(27)20(29)26-17(22(31)32)9-13-5-7-14(8-6-13)25-21(30)19-15(23)3-2-4-16(19)24/h2-8,17-18H,9-11H2,1H3,(H,25,30)(H,26,29)(H,31,32)/t17-,18+/m0/s1. The number of aliphatic carboxylic acids is 1. The van der Waals surface area contributed by atoms with Crippen molar-refractivity contribution in [1.82, 2.24) is 10.2 Å². The van der Waals surface area contributed by atoms with Crippen molar-refractivity contribution in [2.24, 2.45) is 0 Å². The highest BCUT2D eigenvalue weighted by Gasteiger charge is 2.35. The molecule has 1 saturated heterocycles. The Bertz CT molecular complexity index is 1060. The first-order valence-corrected chi connectivity index (χ1v) is 10.7. The molecule has 0 unspecified atom stereocenters. The highest BCUT2D eigenvalue weighted by molar-refractivity contribution is 6.40. The number of hydrogen-bond donors (Lipinski definition) is 3. The topological polar surface area (TPSA) is 125 Å². The lowest BCUT2D eigenvalue weighted by Crippen LogP contribution is -2.52. The maximum atomic E-state index is 12.5. The fourth-order valence-corrected chi connectivity index (χ4v) is 3.88. The minimum atomic E-state index is -1.22. The number of benzene rings is 2. The third-order valence-corrected chi connectivity index (χ3v) is 5.68. The minimum Gasteiger partial charge on any atom is -0.480 e. The average molecular weight is 494 g/mol. The van der Waals surface area contributed by atoms with Crippen LogP contribution in [0.3, 0.4) is 0 Å². The molecule has 0 aromatic heterocycles. The molecule has 0 bridgehead atoms. The van der Waals surface area contributed by atoms with Gasteiger partial charge in [0.05, 0.1) is 22.2 Å². The second-order valence-corrected chi connectivity index (χ2v) is 8.17. The summed E-state index contributed by atoms with van der Waals surface area (Å²) in [6.07, 6.45) is -0.000704. The average Bonchev–Trinajstić information content (AvgIpc) is 3.25. The van der Waals surface area contributed by atoms with Crippen molar-refractivity contribution in [3.8, 4) is 0 Å². The van der Waals surface area contributed by atoms with Gasteiger partial charge in [0.25, 0.3) is 5.91 Å². The van der Waals surface area contributed by atoms with Crippen molar-refractivity contribution < 1.29 is 29.0 Å². The lowest BCUT2D eigenvalue weighted by molar-refractivity contribution is -0.143. The van der Waals surface area contributed by atoms with Gasteiger partial charge in [-0.1, -0.05) is 41.4 Å². The van der Waals surface area contributed by atoms with E-state index in [2.05, 4.69) is 10.6 Å². The van der Waals surface area contributed by atoms with E-state index in [4.69, 9.17) is 27.9 Å². The van der Waals surface area contributed by atoms with E-state index in [0.717, 1.165) is 0 Å². The highest BCUT2D eigenvalue weighted by atomic mass is 35.5. The van der Waals surface area contributed by atoms with Crippen LogP contribution in [0.2, 0.25) is 10.0 Å². The summed E-state index contributed by atoms with van der Waals surface area (Å²) in [4.78, 5) is 49.5. The van der Waals surface area contributed by atoms with E-state index in [0.29, 0.717) is 11.3 Å². The monoisotopic (exact) mass is 493 g/mol. The predicted octanol–water partition coefficient (Wildman–Crippen LogP) is 2.56. The largest absolute Gasteiger partial charge is 0.480 e. The SMILES string of the molecule is CC(=O)N1COC[C@@H]1C(=O)N[C@@H](Cc1ccc(NC(=O)c2c(Cl)cccc2Cl)cc1)C(=O)O. The molecule has 11 heteroatoms. The molecule has 3 rings (SSSR count). The van der Waals surface area contributed by atoms with Crippen molar-refractivity contribution in [2.45, 2.75) is 25.4 Å². The van der Waals surface area contributed by atoms with E-state index in [1.165, 1.54) is 11.8 Å². The molecule has 1 fully saturated rings. The smallest absolute Gasteiger partial charge is 0.326 e. The van der Waals surface area contributed by atoms with Crippen molar-refractivity contribution in [1.29, 1.82) is 0 Å². The predicted molar refractivity (Wildman–Crippen MR) is 121 cm³/mol. The summed E-state index contributed by atoms with van der Waals surface area (Å²) in [7, 11) is 0. The summed E-state index contributed by atoms with van der Waals surface area (Å²) < 4.78 is 5.15. The molecule has 2 aromatic rings. The van der Waals surface area contributed by atoms with E-state index in [9.17, 15) is 24.3 Å². The molecule has 174 valence electrons. The van der Waals surface area contributed by atoms with E-state index >= 15 is 0 Å². The van der Waals surface area contributed by atoms with Gasteiger partial charge in [-0.05, 0) is 29.8 Å². The van der Waals surface area contributed by atoms with Gasteiger partial charge in [-0.25, -0.2) is 4.79 Å². The maximum absolute atomic E-state index is 12.5. The zero-order valence-corrected chi connectivity index (χ0v) is 19.0. The van der Waals surface area contributed by atoms with Crippen LogP contribution < -0.4 is 10.6 Å². The number of anilines is 1. The zero-order valence-electron chi connectivity index (χ0n) is 17.5. The van der Waals surface area contributed by atoms with Crippen LogP contribution in [0.5, 0.6) is 0 Å². The molecule has 3 amide bonds. The summed E-state index contributed by atoms with van der Waals surface area (Å²) in [5.74, 6) is -2.64. The molecule has 0 saturated carbocycles.